The lowest BCUT2D eigenvalue weighted by atomic mass is 10.1. The summed E-state index contributed by atoms with van der Waals surface area (Å²) in [4.78, 5) is 28.9. The summed E-state index contributed by atoms with van der Waals surface area (Å²) in [5.41, 5.74) is 1.97. The Morgan fingerprint density at radius 3 is 2.44 bits per heavy atom. The number of ketones is 1. The lowest BCUT2D eigenvalue weighted by Crippen LogP contribution is -2.24. The van der Waals surface area contributed by atoms with Gasteiger partial charge in [0.05, 0.1) is 29.9 Å². The minimum atomic E-state index is -3.74. The molecule has 1 amide bonds. The highest BCUT2D eigenvalue weighted by Gasteiger charge is 2.12. The van der Waals surface area contributed by atoms with Crippen molar-refractivity contribution >= 4 is 44.8 Å². The standard InChI is InChI=1S/C21H21N3O5S3/c1-29-17-6-4-15(5-7-17)19(25)13-31-21-24-16(12-30-21)10-20(26)23-11-14-2-8-18(9-3-14)32(22,27)28/h2-9,12H,10-11,13H2,1H3,(H,23,26)(H2,22,27,28). The molecule has 168 valence electrons. The number of hydrogen-bond donors (Lipinski definition) is 2. The molecule has 11 heteroatoms. The van der Waals surface area contributed by atoms with E-state index in [1.165, 1.54) is 35.2 Å². The van der Waals surface area contributed by atoms with Crippen molar-refractivity contribution in [1.82, 2.24) is 10.3 Å². The molecule has 0 radical (unpaired) electrons. The molecule has 0 aliphatic heterocycles. The molecule has 3 rings (SSSR count). The molecule has 0 aliphatic carbocycles. The van der Waals surface area contributed by atoms with Crippen molar-refractivity contribution in [2.45, 2.75) is 22.2 Å². The number of primary sulfonamides is 1. The van der Waals surface area contributed by atoms with Crippen molar-refractivity contribution in [1.29, 1.82) is 0 Å². The fraction of sp³-hybridized carbons (Fsp3) is 0.190. The van der Waals surface area contributed by atoms with Gasteiger partial charge in [-0.3, -0.25) is 9.59 Å². The van der Waals surface area contributed by atoms with Crippen molar-refractivity contribution in [3.63, 3.8) is 0 Å². The molecule has 3 N–H and O–H groups in total. The number of carbonyl (C=O) groups is 2. The molecular formula is C21H21N3O5S3. The molecule has 0 spiro atoms. The van der Waals surface area contributed by atoms with E-state index in [1.807, 2.05) is 0 Å². The fourth-order valence-electron chi connectivity index (χ4n) is 2.65. The number of aromatic nitrogens is 1. The summed E-state index contributed by atoms with van der Waals surface area (Å²) in [6, 6.07) is 12.9. The third kappa shape index (κ3) is 6.89. The number of hydrogen-bond acceptors (Lipinski definition) is 8. The smallest absolute Gasteiger partial charge is 0.238 e. The molecule has 0 saturated heterocycles. The van der Waals surface area contributed by atoms with Gasteiger partial charge in [-0.2, -0.15) is 0 Å². The zero-order valence-corrected chi connectivity index (χ0v) is 19.6. The molecule has 2 aromatic carbocycles. The Morgan fingerprint density at radius 1 is 1.12 bits per heavy atom. The Morgan fingerprint density at radius 2 is 1.81 bits per heavy atom. The topological polar surface area (TPSA) is 128 Å². The van der Waals surface area contributed by atoms with Crippen LogP contribution in [0, 0.1) is 0 Å². The molecule has 8 nitrogen and oxygen atoms in total. The number of benzene rings is 2. The van der Waals surface area contributed by atoms with Crippen LogP contribution in [0.4, 0.5) is 0 Å². The van der Waals surface area contributed by atoms with Gasteiger partial charge in [-0.15, -0.1) is 11.3 Å². The van der Waals surface area contributed by atoms with Crippen molar-refractivity contribution in [3.05, 3.63) is 70.7 Å². The number of thiazole rings is 1. The molecule has 0 unspecified atom stereocenters. The molecule has 0 bridgehead atoms. The minimum absolute atomic E-state index is 0.0133. The van der Waals surface area contributed by atoms with Gasteiger partial charge in [0.2, 0.25) is 15.9 Å². The molecule has 0 saturated carbocycles. The van der Waals surface area contributed by atoms with Crippen LogP contribution >= 0.6 is 23.1 Å². The maximum atomic E-state index is 12.3. The number of nitrogens with two attached hydrogens (primary N) is 1. The van der Waals surface area contributed by atoms with Crippen LogP contribution in [0.1, 0.15) is 21.6 Å². The number of ether oxygens (including phenoxy) is 1. The third-order valence-corrected chi connectivity index (χ3v) is 7.35. The lowest BCUT2D eigenvalue weighted by molar-refractivity contribution is -0.120. The van der Waals surface area contributed by atoms with Crippen LogP contribution in [-0.4, -0.2) is 38.0 Å². The summed E-state index contributed by atoms with van der Waals surface area (Å²) in [5.74, 6) is 0.717. The minimum Gasteiger partial charge on any atom is -0.497 e. The predicted molar refractivity (Wildman–Crippen MR) is 124 cm³/mol. The third-order valence-electron chi connectivity index (χ3n) is 4.35. The van der Waals surface area contributed by atoms with Gasteiger partial charge in [0, 0.05) is 17.5 Å². The van der Waals surface area contributed by atoms with Crippen molar-refractivity contribution in [3.8, 4) is 5.75 Å². The summed E-state index contributed by atoms with van der Waals surface area (Å²) in [6.45, 7) is 0.256. The van der Waals surface area contributed by atoms with Crippen LogP contribution in [0.2, 0.25) is 0 Å². The van der Waals surface area contributed by atoms with E-state index in [4.69, 9.17) is 9.88 Å². The first kappa shape index (κ1) is 23.9. The predicted octanol–water partition coefficient (Wildman–Crippen LogP) is 2.63. The Balaban J connectivity index is 1.45. The van der Waals surface area contributed by atoms with E-state index in [9.17, 15) is 18.0 Å². The van der Waals surface area contributed by atoms with Crippen LogP contribution in [0.3, 0.4) is 0 Å². The van der Waals surface area contributed by atoms with Crippen molar-refractivity contribution in [2.75, 3.05) is 12.9 Å². The number of methoxy groups -OCH3 is 1. The maximum Gasteiger partial charge on any atom is 0.238 e. The highest BCUT2D eigenvalue weighted by Crippen LogP contribution is 2.24. The van der Waals surface area contributed by atoms with Gasteiger partial charge in [-0.05, 0) is 42.0 Å². The van der Waals surface area contributed by atoms with Gasteiger partial charge in [0.1, 0.15) is 5.75 Å². The number of rotatable bonds is 10. The normalized spacial score (nSPS) is 11.2. The van der Waals surface area contributed by atoms with E-state index in [0.717, 1.165) is 5.56 Å². The molecular weight excluding hydrogens is 470 g/mol. The summed E-state index contributed by atoms with van der Waals surface area (Å²) in [6.07, 6.45) is 0.110. The van der Waals surface area contributed by atoms with Gasteiger partial charge in [-0.1, -0.05) is 23.9 Å². The highest BCUT2D eigenvalue weighted by molar-refractivity contribution is 8.01. The Hall–Kier alpha value is -2.73. The molecule has 1 heterocycles. The monoisotopic (exact) mass is 491 g/mol. The SMILES string of the molecule is COc1ccc(C(=O)CSc2nc(CC(=O)NCc3ccc(S(N)(=O)=O)cc3)cs2)cc1. The van der Waals surface area contributed by atoms with E-state index >= 15 is 0 Å². The number of Topliss-reactive ketones (excluding diaryl/α,β-unsaturated/α-hetero) is 1. The summed E-state index contributed by atoms with van der Waals surface area (Å²) in [5, 5.41) is 9.63. The first-order chi connectivity index (χ1) is 15.2. The number of nitrogens with zero attached hydrogens (tertiary/aromatic N) is 1. The van der Waals surface area contributed by atoms with Crippen LogP contribution < -0.4 is 15.2 Å². The molecule has 0 atom stereocenters. The first-order valence-corrected chi connectivity index (χ1v) is 12.8. The molecule has 3 aromatic rings. The molecule has 0 aliphatic rings. The van der Waals surface area contributed by atoms with Crippen molar-refractivity contribution < 1.29 is 22.7 Å². The van der Waals surface area contributed by atoms with Crippen LogP contribution in [0.5, 0.6) is 5.75 Å². The molecule has 32 heavy (non-hydrogen) atoms. The average Bonchev–Trinajstić information content (AvgIpc) is 3.23. The number of amides is 1. The van der Waals surface area contributed by atoms with E-state index in [0.29, 0.717) is 21.3 Å². The van der Waals surface area contributed by atoms with E-state index in [2.05, 4.69) is 10.3 Å². The fourth-order valence-corrected chi connectivity index (χ4v) is 4.90. The van der Waals surface area contributed by atoms with Gasteiger partial charge < -0.3 is 10.1 Å². The highest BCUT2D eigenvalue weighted by atomic mass is 32.2. The molecule has 1 aromatic heterocycles. The van der Waals surface area contributed by atoms with Gasteiger partial charge in [-0.25, -0.2) is 18.5 Å². The van der Waals surface area contributed by atoms with E-state index in [-0.39, 0.29) is 35.3 Å². The second-order valence-corrected chi connectivity index (χ2v) is 10.3. The van der Waals surface area contributed by atoms with Crippen molar-refractivity contribution in [2.24, 2.45) is 5.14 Å². The van der Waals surface area contributed by atoms with E-state index in [1.54, 1.807) is 48.9 Å². The summed E-state index contributed by atoms with van der Waals surface area (Å²) in [7, 11) is -2.17. The van der Waals surface area contributed by atoms with Crippen LogP contribution in [0.25, 0.3) is 0 Å². The quantitative estimate of drug-likeness (QED) is 0.329. The Bertz CT molecular complexity index is 1190. The average molecular weight is 492 g/mol. The number of thioether (sulfide) groups is 1. The second kappa shape index (κ2) is 10.7. The number of carbonyl (C=O) groups excluding carboxylic acids is 2. The largest absolute Gasteiger partial charge is 0.497 e. The zero-order valence-electron chi connectivity index (χ0n) is 17.1. The summed E-state index contributed by atoms with van der Waals surface area (Å²) >= 11 is 2.71. The second-order valence-electron chi connectivity index (χ2n) is 6.69. The zero-order chi connectivity index (χ0) is 23.1. The number of nitrogens with one attached hydrogen (secondary N) is 1. The maximum absolute atomic E-state index is 12.3. The number of sulfonamides is 1. The Kier molecular flexibility index (Phi) is 8.02. The lowest BCUT2D eigenvalue weighted by Gasteiger charge is -2.05. The van der Waals surface area contributed by atoms with Gasteiger partial charge in [0.25, 0.3) is 0 Å². The van der Waals surface area contributed by atoms with Gasteiger partial charge >= 0.3 is 0 Å². The Labute approximate surface area is 194 Å². The van der Waals surface area contributed by atoms with Gasteiger partial charge in [0.15, 0.2) is 10.1 Å². The first-order valence-electron chi connectivity index (χ1n) is 9.37. The summed E-state index contributed by atoms with van der Waals surface area (Å²) < 4.78 is 28.3. The van der Waals surface area contributed by atoms with E-state index < -0.39 is 10.0 Å². The molecule has 0 fully saturated rings. The van der Waals surface area contributed by atoms with Crippen LogP contribution in [0.15, 0.2) is 63.1 Å². The van der Waals surface area contributed by atoms with Crippen LogP contribution in [-0.2, 0) is 27.8 Å².